The van der Waals surface area contributed by atoms with E-state index in [-0.39, 0.29) is 12.3 Å². The third kappa shape index (κ3) is 5.68. The first-order valence-electron chi connectivity index (χ1n) is 12.5. The summed E-state index contributed by atoms with van der Waals surface area (Å²) in [5.41, 5.74) is 4.38. The molecule has 0 N–H and O–H groups in total. The first kappa shape index (κ1) is 26.2. The summed E-state index contributed by atoms with van der Waals surface area (Å²) in [6, 6.07) is 4.69. The van der Waals surface area contributed by atoms with Crippen LogP contribution in [0.4, 0.5) is 14.5 Å². The Morgan fingerprint density at radius 3 is 2.61 bits per heavy atom. The average Bonchev–Trinajstić information content (AvgIpc) is 2.91. The third-order valence-corrected chi connectivity index (χ3v) is 7.27. The van der Waals surface area contributed by atoms with Gasteiger partial charge < -0.3 is 14.5 Å². The molecule has 7 nitrogen and oxygen atoms in total. The Kier molecular flexibility index (Phi) is 7.67. The van der Waals surface area contributed by atoms with Crippen LogP contribution in [0.3, 0.4) is 0 Å². The molecule has 2 aliphatic rings. The van der Waals surface area contributed by atoms with Gasteiger partial charge in [0.25, 0.3) is 0 Å². The molecule has 0 spiro atoms. The van der Waals surface area contributed by atoms with E-state index in [4.69, 9.17) is 21.3 Å². The van der Waals surface area contributed by atoms with Crippen LogP contribution >= 0.6 is 11.6 Å². The Hall–Kier alpha value is -3.43. The van der Waals surface area contributed by atoms with Crippen LogP contribution in [0, 0.1) is 18.6 Å². The van der Waals surface area contributed by atoms with Gasteiger partial charge in [-0.3, -0.25) is 9.97 Å². The highest BCUT2D eigenvalue weighted by Crippen LogP contribution is 2.34. The summed E-state index contributed by atoms with van der Waals surface area (Å²) >= 11 is 6.60. The lowest BCUT2D eigenvalue weighted by atomic mass is 9.96. The van der Waals surface area contributed by atoms with E-state index in [1.54, 1.807) is 6.08 Å². The van der Waals surface area contributed by atoms with Gasteiger partial charge in [0.05, 0.1) is 29.2 Å². The molecule has 10 heteroatoms. The standard InChI is InChI=1S/C28H29ClF2N6O/c1-17-13-33-24(23-4-7-32-28(35-23)19-5-8-36(3)9-6-19)12-26(17)37-15-21(29)27(10-18(37)2)38-16-25-22(31)11-20(30)14-34-25/h4,7,10-14,19H,5-6,8-9,15-16H2,1-3H3. The van der Waals surface area contributed by atoms with Crippen molar-refractivity contribution in [2.45, 2.75) is 39.2 Å². The van der Waals surface area contributed by atoms with E-state index in [1.165, 1.54) is 0 Å². The van der Waals surface area contributed by atoms with Crippen LogP contribution in [0.2, 0.25) is 0 Å². The first-order chi connectivity index (χ1) is 18.3. The molecule has 0 radical (unpaired) electrons. The molecule has 0 aliphatic carbocycles. The Morgan fingerprint density at radius 1 is 1.05 bits per heavy atom. The molecule has 38 heavy (non-hydrogen) atoms. The van der Waals surface area contributed by atoms with Gasteiger partial charge in [0.1, 0.15) is 29.7 Å². The van der Waals surface area contributed by atoms with Gasteiger partial charge in [0.2, 0.25) is 0 Å². The van der Waals surface area contributed by atoms with Crippen LogP contribution in [0.25, 0.3) is 11.4 Å². The molecule has 0 bridgehead atoms. The molecular weight excluding hydrogens is 510 g/mol. The number of halogens is 3. The fourth-order valence-corrected chi connectivity index (χ4v) is 4.93. The molecule has 3 aromatic heterocycles. The highest BCUT2D eigenvalue weighted by molar-refractivity contribution is 6.30. The predicted octanol–water partition coefficient (Wildman–Crippen LogP) is 5.72. The van der Waals surface area contributed by atoms with Crippen molar-refractivity contribution in [2.75, 3.05) is 31.6 Å². The molecule has 5 rings (SSSR count). The number of hydrogen-bond acceptors (Lipinski definition) is 7. The maximum Gasteiger partial charge on any atom is 0.151 e. The minimum Gasteiger partial charge on any atom is -0.486 e. The molecule has 3 aromatic rings. The zero-order valence-electron chi connectivity index (χ0n) is 21.6. The van der Waals surface area contributed by atoms with E-state index in [0.29, 0.717) is 23.3 Å². The number of nitrogens with zero attached hydrogens (tertiary/aromatic N) is 6. The number of piperidine rings is 1. The van der Waals surface area contributed by atoms with Crippen LogP contribution in [0.1, 0.15) is 42.8 Å². The van der Waals surface area contributed by atoms with E-state index in [9.17, 15) is 8.78 Å². The molecule has 0 amide bonds. The lowest BCUT2D eigenvalue weighted by Crippen LogP contribution is -2.29. The van der Waals surface area contributed by atoms with Crippen molar-refractivity contribution in [3.63, 3.8) is 0 Å². The van der Waals surface area contributed by atoms with Gasteiger partial charge in [-0.15, -0.1) is 0 Å². The minimum absolute atomic E-state index is 0.0101. The van der Waals surface area contributed by atoms with Crippen LogP contribution in [-0.4, -0.2) is 51.5 Å². The molecule has 0 atom stereocenters. The monoisotopic (exact) mass is 538 g/mol. The fraction of sp³-hybridized carbons (Fsp3) is 0.357. The largest absolute Gasteiger partial charge is 0.486 e. The number of anilines is 1. The SMILES string of the molecule is CC1=CC(OCc2ncc(F)cc2F)=C(Cl)CN1c1cc(-c2ccnc(C3CCN(C)CC3)n2)ncc1C. The summed E-state index contributed by atoms with van der Waals surface area (Å²) in [7, 11) is 2.14. The maximum atomic E-state index is 14.0. The molecule has 0 unspecified atom stereocenters. The smallest absolute Gasteiger partial charge is 0.151 e. The van der Waals surface area contributed by atoms with Gasteiger partial charge in [0.15, 0.2) is 5.82 Å². The van der Waals surface area contributed by atoms with Crippen molar-refractivity contribution in [1.29, 1.82) is 0 Å². The van der Waals surface area contributed by atoms with Crippen molar-refractivity contribution >= 4 is 17.3 Å². The topological polar surface area (TPSA) is 67.3 Å². The van der Waals surface area contributed by atoms with E-state index in [2.05, 4.69) is 31.8 Å². The minimum atomic E-state index is -0.761. The molecule has 1 saturated heterocycles. The molecule has 5 heterocycles. The summed E-state index contributed by atoms with van der Waals surface area (Å²) in [5, 5.41) is 0.461. The van der Waals surface area contributed by atoms with Gasteiger partial charge in [-0.05, 0) is 64.5 Å². The second kappa shape index (κ2) is 11.1. The van der Waals surface area contributed by atoms with Gasteiger partial charge >= 0.3 is 0 Å². The summed E-state index contributed by atoms with van der Waals surface area (Å²) < 4.78 is 32.8. The van der Waals surface area contributed by atoms with Crippen LogP contribution < -0.4 is 4.90 Å². The van der Waals surface area contributed by atoms with Crippen LogP contribution in [-0.2, 0) is 11.3 Å². The normalized spacial score (nSPS) is 17.1. The van der Waals surface area contributed by atoms with E-state index in [1.807, 2.05) is 38.4 Å². The van der Waals surface area contributed by atoms with Gasteiger partial charge in [-0.1, -0.05) is 11.6 Å². The highest BCUT2D eigenvalue weighted by atomic mass is 35.5. The fourth-order valence-electron chi connectivity index (χ4n) is 4.70. The zero-order chi connectivity index (χ0) is 26.8. The van der Waals surface area contributed by atoms with E-state index >= 15 is 0 Å². The summed E-state index contributed by atoms with van der Waals surface area (Å²) in [6.07, 6.45) is 8.50. The number of hydrogen-bond donors (Lipinski definition) is 0. The van der Waals surface area contributed by atoms with Crippen molar-refractivity contribution < 1.29 is 13.5 Å². The molecule has 0 aromatic carbocycles. The number of aryl methyl sites for hydroxylation is 1. The lowest BCUT2D eigenvalue weighted by molar-refractivity contribution is 0.200. The second-order valence-electron chi connectivity index (χ2n) is 9.75. The van der Waals surface area contributed by atoms with Crippen LogP contribution in [0.5, 0.6) is 0 Å². The predicted molar refractivity (Wildman–Crippen MR) is 142 cm³/mol. The lowest BCUT2D eigenvalue weighted by Gasteiger charge is -2.31. The quantitative estimate of drug-likeness (QED) is 0.397. The molecule has 2 aliphatic heterocycles. The molecule has 1 fully saturated rings. The van der Waals surface area contributed by atoms with Crippen molar-refractivity contribution in [3.8, 4) is 11.4 Å². The van der Waals surface area contributed by atoms with Crippen LogP contribution in [0.15, 0.2) is 59.4 Å². The van der Waals surface area contributed by atoms with E-state index in [0.717, 1.165) is 72.4 Å². The number of allylic oxidation sites excluding steroid dienone is 2. The van der Waals surface area contributed by atoms with Gasteiger partial charge in [-0.25, -0.2) is 18.7 Å². The number of pyridine rings is 2. The maximum absolute atomic E-state index is 14.0. The summed E-state index contributed by atoms with van der Waals surface area (Å²) in [6.45, 7) is 6.24. The number of rotatable bonds is 6. The number of ether oxygens (including phenoxy) is 1. The number of aromatic nitrogens is 4. The van der Waals surface area contributed by atoms with E-state index < -0.39 is 11.6 Å². The first-order valence-corrected chi connectivity index (χ1v) is 12.9. The van der Waals surface area contributed by atoms with Crippen molar-refractivity contribution in [1.82, 2.24) is 24.8 Å². The molecule has 198 valence electrons. The Labute approximate surface area is 225 Å². The second-order valence-corrected chi connectivity index (χ2v) is 10.2. The summed E-state index contributed by atoms with van der Waals surface area (Å²) in [5.74, 6) is 0.150. The highest BCUT2D eigenvalue weighted by Gasteiger charge is 2.24. The molecular formula is C28H29ClF2N6O. The Bertz CT molecular complexity index is 1400. The zero-order valence-corrected chi connectivity index (χ0v) is 22.3. The van der Waals surface area contributed by atoms with Crippen molar-refractivity contribution in [2.24, 2.45) is 0 Å². The average molecular weight is 539 g/mol. The van der Waals surface area contributed by atoms with Gasteiger partial charge in [-0.2, -0.15) is 0 Å². The third-order valence-electron chi connectivity index (χ3n) is 6.96. The van der Waals surface area contributed by atoms with Gasteiger partial charge in [0, 0.05) is 41.8 Å². The molecule has 0 saturated carbocycles. The van der Waals surface area contributed by atoms with Crippen molar-refractivity contribution in [3.05, 3.63) is 88.1 Å². The Morgan fingerprint density at radius 2 is 1.84 bits per heavy atom. The Balaban J connectivity index is 1.35. The number of likely N-dealkylation sites (tertiary alicyclic amines) is 1. The summed E-state index contributed by atoms with van der Waals surface area (Å²) in [4.78, 5) is 22.3.